The molecule has 1 fully saturated rings. The summed E-state index contributed by atoms with van der Waals surface area (Å²) < 4.78 is 30.4. The van der Waals surface area contributed by atoms with E-state index in [1.807, 2.05) is 13.8 Å². The van der Waals surface area contributed by atoms with E-state index in [2.05, 4.69) is 0 Å². The average molecular weight is 348 g/mol. The van der Waals surface area contributed by atoms with E-state index in [1.54, 1.807) is 12.1 Å². The Kier molecular flexibility index (Phi) is 5.40. The number of rotatable bonds is 3. The van der Waals surface area contributed by atoms with Crippen molar-refractivity contribution in [2.24, 2.45) is 0 Å². The van der Waals surface area contributed by atoms with E-state index in [0.29, 0.717) is 5.56 Å². The number of hydrogen-bond donors (Lipinski definition) is 1. The zero-order chi connectivity index (χ0) is 18.8. The van der Waals surface area contributed by atoms with Gasteiger partial charge in [0.1, 0.15) is 23.3 Å². The maximum atomic E-state index is 12.5. The van der Waals surface area contributed by atoms with Gasteiger partial charge in [-0.25, -0.2) is 8.78 Å². The van der Waals surface area contributed by atoms with Gasteiger partial charge < -0.3 is 9.84 Å². The SMILES string of the molecule is CC(C)(O)C(=O)c1ccc(F)cc1.CC1(C)OC1c1ccc(F)cc1. The molecule has 1 aliphatic rings. The molecule has 0 saturated carbocycles. The first-order chi connectivity index (χ1) is 11.5. The minimum atomic E-state index is -1.40. The molecule has 0 spiro atoms. The Morgan fingerprint density at radius 3 is 1.76 bits per heavy atom. The number of ketones is 1. The van der Waals surface area contributed by atoms with Crippen LogP contribution in [0.4, 0.5) is 8.78 Å². The number of Topliss-reactive ketones (excluding diaryl/α,β-unsaturated/α-hetero) is 1. The van der Waals surface area contributed by atoms with Gasteiger partial charge in [0.2, 0.25) is 0 Å². The lowest BCUT2D eigenvalue weighted by molar-refractivity contribution is 0.0488. The van der Waals surface area contributed by atoms with Crippen LogP contribution in [0.1, 0.15) is 49.7 Å². The molecule has 1 unspecified atom stereocenters. The summed E-state index contributed by atoms with van der Waals surface area (Å²) in [6.07, 6.45) is 0.151. The van der Waals surface area contributed by atoms with Gasteiger partial charge in [-0.15, -0.1) is 0 Å². The monoisotopic (exact) mass is 348 g/mol. The molecule has 2 aromatic carbocycles. The molecule has 1 atom stereocenters. The van der Waals surface area contributed by atoms with Crippen molar-refractivity contribution >= 4 is 5.78 Å². The smallest absolute Gasteiger partial charge is 0.193 e. The zero-order valence-electron chi connectivity index (χ0n) is 14.7. The molecule has 3 rings (SSSR count). The van der Waals surface area contributed by atoms with Crippen LogP contribution in [0.2, 0.25) is 0 Å². The minimum absolute atomic E-state index is 0.0577. The van der Waals surface area contributed by atoms with Crippen molar-refractivity contribution in [3.63, 3.8) is 0 Å². The van der Waals surface area contributed by atoms with Crippen LogP contribution in [0.25, 0.3) is 0 Å². The summed E-state index contributed by atoms with van der Waals surface area (Å²) >= 11 is 0. The van der Waals surface area contributed by atoms with Crippen LogP contribution in [0.15, 0.2) is 48.5 Å². The Hall–Kier alpha value is -2.11. The van der Waals surface area contributed by atoms with Crippen molar-refractivity contribution in [1.82, 2.24) is 0 Å². The first-order valence-corrected chi connectivity index (χ1v) is 7.97. The molecular formula is C20H22F2O3. The van der Waals surface area contributed by atoms with Gasteiger partial charge >= 0.3 is 0 Å². The molecule has 5 heteroatoms. The third-order valence-corrected chi connectivity index (χ3v) is 3.83. The number of halogens is 2. The molecule has 0 radical (unpaired) electrons. The quantitative estimate of drug-likeness (QED) is 0.658. The summed E-state index contributed by atoms with van der Waals surface area (Å²) in [5.41, 5.74) is -0.0920. The molecule has 0 bridgehead atoms. The molecule has 25 heavy (non-hydrogen) atoms. The standard InChI is InChI=1S/C10H11FO2.C10H11FO/c1-10(2,13)9(12)7-3-5-8(11)6-4-7;1-10(2)9(12-10)7-3-5-8(11)6-4-7/h3-6,13H,1-2H3;3-6,9H,1-2H3. The number of ether oxygens (including phenoxy) is 1. The molecule has 1 N–H and O–H groups in total. The van der Waals surface area contributed by atoms with Crippen molar-refractivity contribution in [2.75, 3.05) is 0 Å². The largest absolute Gasteiger partial charge is 0.382 e. The summed E-state index contributed by atoms with van der Waals surface area (Å²) in [5, 5.41) is 9.37. The normalized spacial score (nSPS) is 18.1. The van der Waals surface area contributed by atoms with E-state index in [4.69, 9.17) is 4.74 Å². The summed E-state index contributed by atoms with van der Waals surface area (Å²) in [7, 11) is 0. The van der Waals surface area contributed by atoms with E-state index < -0.39 is 17.2 Å². The van der Waals surface area contributed by atoms with Crippen molar-refractivity contribution < 1.29 is 23.4 Å². The summed E-state index contributed by atoms with van der Waals surface area (Å²) in [4.78, 5) is 11.4. The maximum absolute atomic E-state index is 12.5. The van der Waals surface area contributed by atoms with Crippen molar-refractivity contribution in [2.45, 2.75) is 45.0 Å². The van der Waals surface area contributed by atoms with Crippen LogP contribution < -0.4 is 0 Å². The fraction of sp³-hybridized carbons (Fsp3) is 0.350. The van der Waals surface area contributed by atoms with Gasteiger partial charge in [-0.05, 0) is 69.7 Å². The van der Waals surface area contributed by atoms with E-state index >= 15 is 0 Å². The van der Waals surface area contributed by atoms with E-state index in [-0.39, 0.29) is 17.5 Å². The third-order valence-electron chi connectivity index (χ3n) is 3.83. The van der Waals surface area contributed by atoms with Gasteiger partial charge in [-0.3, -0.25) is 4.79 Å². The minimum Gasteiger partial charge on any atom is -0.382 e. The molecule has 3 nitrogen and oxygen atoms in total. The summed E-state index contributed by atoms with van der Waals surface area (Å²) in [6.45, 7) is 6.86. The average Bonchev–Trinajstić information content (AvgIpc) is 3.16. The van der Waals surface area contributed by atoms with Crippen LogP contribution in [-0.2, 0) is 4.74 Å². The van der Waals surface area contributed by atoms with Crippen LogP contribution in [0.3, 0.4) is 0 Å². The Labute approximate surface area is 146 Å². The molecule has 134 valence electrons. The van der Waals surface area contributed by atoms with E-state index in [0.717, 1.165) is 5.56 Å². The summed E-state index contributed by atoms with van der Waals surface area (Å²) in [5.74, 6) is -1.00. The second-order valence-electron chi connectivity index (χ2n) is 7.05. The van der Waals surface area contributed by atoms with Gasteiger partial charge in [-0.1, -0.05) is 12.1 Å². The lowest BCUT2D eigenvalue weighted by Crippen LogP contribution is -2.30. The molecule has 1 aliphatic heterocycles. The van der Waals surface area contributed by atoms with Crippen molar-refractivity contribution in [1.29, 1.82) is 0 Å². The predicted molar refractivity (Wildman–Crippen MR) is 91.3 cm³/mol. The molecule has 1 saturated heterocycles. The first kappa shape index (κ1) is 19.2. The maximum Gasteiger partial charge on any atom is 0.193 e. The second kappa shape index (κ2) is 7.02. The van der Waals surface area contributed by atoms with Crippen LogP contribution in [0, 0.1) is 11.6 Å². The fourth-order valence-electron chi connectivity index (χ4n) is 2.33. The molecule has 0 amide bonds. The lowest BCUT2D eigenvalue weighted by atomic mass is 9.97. The predicted octanol–water partition coefficient (Wildman–Crippen LogP) is 4.45. The van der Waals surface area contributed by atoms with Gasteiger partial charge in [0.05, 0.1) is 5.60 Å². The highest BCUT2D eigenvalue weighted by Crippen LogP contribution is 2.48. The number of aliphatic hydroxyl groups is 1. The molecule has 0 aliphatic carbocycles. The third kappa shape index (κ3) is 5.18. The van der Waals surface area contributed by atoms with Crippen molar-refractivity contribution in [3.05, 3.63) is 71.3 Å². The molecule has 1 heterocycles. The van der Waals surface area contributed by atoms with Gasteiger partial charge in [-0.2, -0.15) is 0 Å². The van der Waals surface area contributed by atoms with Gasteiger partial charge in [0, 0.05) is 5.56 Å². The number of benzene rings is 2. The number of carbonyl (C=O) groups is 1. The van der Waals surface area contributed by atoms with Gasteiger partial charge in [0.25, 0.3) is 0 Å². The Morgan fingerprint density at radius 2 is 1.40 bits per heavy atom. The number of epoxide rings is 1. The molecular weight excluding hydrogens is 326 g/mol. The first-order valence-electron chi connectivity index (χ1n) is 7.97. The van der Waals surface area contributed by atoms with Crippen molar-refractivity contribution in [3.8, 4) is 0 Å². The highest BCUT2D eigenvalue weighted by Gasteiger charge is 2.48. The number of carbonyl (C=O) groups excluding carboxylic acids is 1. The molecule has 0 aromatic heterocycles. The highest BCUT2D eigenvalue weighted by molar-refractivity contribution is 6.01. The highest BCUT2D eigenvalue weighted by atomic mass is 19.1. The van der Waals surface area contributed by atoms with Crippen LogP contribution in [-0.4, -0.2) is 22.1 Å². The van der Waals surface area contributed by atoms with Gasteiger partial charge in [0.15, 0.2) is 5.78 Å². The Bertz CT molecular complexity index is 729. The summed E-state index contributed by atoms with van der Waals surface area (Å²) in [6, 6.07) is 11.6. The Morgan fingerprint density at radius 1 is 1.00 bits per heavy atom. The Balaban J connectivity index is 0.000000181. The van der Waals surface area contributed by atoms with Crippen LogP contribution >= 0.6 is 0 Å². The van der Waals surface area contributed by atoms with Crippen LogP contribution in [0.5, 0.6) is 0 Å². The topological polar surface area (TPSA) is 49.8 Å². The van der Waals surface area contributed by atoms with E-state index in [9.17, 15) is 18.7 Å². The molecule has 2 aromatic rings. The zero-order valence-corrected chi connectivity index (χ0v) is 14.7. The number of hydrogen-bond acceptors (Lipinski definition) is 3. The fourth-order valence-corrected chi connectivity index (χ4v) is 2.33. The van der Waals surface area contributed by atoms with E-state index in [1.165, 1.54) is 50.2 Å². The lowest BCUT2D eigenvalue weighted by Gasteiger charge is -2.14. The second-order valence-corrected chi connectivity index (χ2v) is 7.05.